The third kappa shape index (κ3) is 2.96. The maximum atomic E-state index is 6.34. The molecule has 1 atom stereocenters. The van der Waals surface area contributed by atoms with Crippen molar-refractivity contribution in [2.45, 2.75) is 51.2 Å². The summed E-state index contributed by atoms with van der Waals surface area (Å²) in [5, 5.41) is 4.61. The Morgan fingerprint density at radius 3 is 2.82 bits per heavy atom. The number of benzene rings is 1. The van der Waals surface area contributed by atoms with Gasteiger partial charge >= 0.3 is 0 Å². The van der Waals surface area contributed by atoms with Crippen molar-refractivity contribution < 1.29 is 9.26 Å². The molecule has 1 aliphatic rings. The van der Waals surface area contributed by atoms with Crippen molar-refractivity contribution in [3.63, 3.8) is 0 Å². The molecule has 118 valence electrons. The van der Waals surface area contributed by atoms with Gasteiger partial charge in [-0.25, -0.2) is 0 Å². The lowest BCUT2D eigenvalue weighted by Crippen LogP contribution is -2.34. The Labute approximate surface area is 134 Å². The fraction of sp³-hybridized carbons (Fsp3) is 0.500. The highest BCUT2D eigenvalue weighted by atomic mass is 35.5. The van der Waals surface area contributed by atoms with Crippen LogP contribution >= 0.6 is 11.6 Å². The summed E-state index contributed by atoms with van der Waals surface area (Å²) in [5.74, 6) is 1.60. The molecular weight excluding hydrogens is 302 g/mol. The summed E-state index contributed by atoms with van der Waals surface area (Å²) in [6, 6.07) is 5.63. The molecule has 1 heterocycles. The summed E-state index contributed by atoms with van der Waals surface area (Å²) in [6.07, 6.45) is 3.61. The number of nitrogens with zero attached hydrogens (tertiary/aromatic N) is 2. The van der Waals surface area contributed by atoms with E-state index in [-0.39, 0.29) is 6.10 Å². The summed E-state index contributed by atoms with van der Waals surface area (Å²) in [4.78, 5) is 4.44. The first-order valence-electron chi connectivity index (χ1n) is 7.54. The van der Waals surface area contributed by atoms with Crippen LogP contribution in [0.25, 0.3) is 0 Å². The molecule has 5 nitrogen and oxygen atoms in total. The second-order valence-corrected chi connectivity index (χ2v) is 6.42. The van der Waals surface area contributed by atoms with Crippen LogP contribution in [-0.4, -0.2) is 10.1 Å². The predicted molar refractivity (Wildman–Crippen MR) is 83.9 cm³/mol. The van der Waals surface area contributed by atoms with Crippen molar-refractivity contribution in [3.8, 4) is 5.75 Å². The number of rotatable bonds is 4. The number of hydrogen-bond donors (Lipinski definition) is 1. The minimum atomic E-state index is -0.456. The number of halogens is 1. The van der Waals surface area contributed by atoms with Crippen molar-refractivity contribution in [1.82, 2.24) is 10.1 Å². The van der Waals surface area contributed by atoms with Gasteiger partial charge in [-0.05, 0) is 44.4 Å². The zero-order valence-corrected chi connectivity index (χ0v) is 13.6. The fourth-order valence-electron chi connectivity index (χ4n) is 2.77. The monoisotopic (exact) mass is 321 g/mol. The molecular formula is C16H20ClN3O2. The van der Waals surface area contributed by atoms with Gasteiger partial charge in [0.1, 0.15) is 5.75 Å². The SMILES string of the molecule is Cc1ccc(Cl)c(OC(C)c2nc(C3(N)CCCC3)no2)c1. The highest BCUT2D eigenvalue weighted by molar-refractivity contribution is 6.32. The van der Waals surface area contributed by atoms with Crippen molar-refractivity contribution in [2.24, 2.45) is 5.73 Å². The highest BCUT2D eigenvalue weighted by Gasteiger charge is 2.36. The number of hydrogen-bond acceptors (Lipinski definition) is 5. The van der Waals surface area contributed by atoms with Crippen molar-refractivity contribution in [2.75, 3.05) is 0 Å². The van der Waals surface area contributed by atoms with E-state index in [1.54, 1.807) is 0 Å². The van der Waals surface area contributed by atoms with Crippen molar-refractivity contribution >= 4 is 11.6 Å². The molecule has 0 saturated heterocycles. The highest BCUT2D eigenvalue weighted by Crippen LogP contribution is 2.35. The molecule has 0 aliphatic heterocycles. The minimum absolute atomic E-state index is 0.384. The number of ether oxygens (including phenoxy) is 1. The fourth-order valence-corrected chi connectivity index (χ4v) is 2.94. The van der Waals surface area contributed by atoms with Crippen LogP contribution in [0, 0.1) is 6.92 Å². The summed E-state index contributed by atoms with van der Waals surface area (Å²) in [6.45, 7) is 3.84. The lowest BCUT2D eigenvalue weighted by atomic mass is 9.99. The Balaban J connectivity index is 1.77. The molecule has 1 unspecified atom stereocenters. The summed E-state index contributed by atoms with van der Waals surface area (Å²) in [7, 11) is 0. The second kappa shape index (κ2) is 5.89. The van der Waals surface area contributed by atoms with E-state index in [2.05, 4.69) is 10.1 Å². The average Bonchev–Trinajstić information content (AvgIpc) is 3.12. The molecule has 0 radical (unpaired) electrons. The van der Waals surface area contributed by atoms with Crippen LogP contribution in [0.5, 0.6) is 5.75 Å². The van der Waals surface area contributed by atoms with E-state index in [0.29, 0.717) is 22.5 Å². The van der Waals surface area contributed by atoms with E-state index in [4.69, 9.17) is 26.6 Å². The van der Waals surface area contributed by atoms with Gasteiger partial charge in [0.25, 0.3) is 5.89 Å². The molecule has 3 rings (SSSR count). The number of aryl methyl sites for hydroxylation is 1. The third-order valence-electron chi connectivity index (χ3n) is 4.12. The molecule has 2 aromatic rings. The van der Waals surface area contributed by atoms with Gasteiger partial charge in [-0.2, -0.15) is 4.98 Å². The van der Waals surface area contributed by atoms with Gasteiger partial charge < -0.3 is 15.0 Å². The van der Waals surface area contributed by atoms with Gasteiger partial charge in [0.15, 0.2) is 11.9 Å². The molecule has 0 bridgehead atoms. The Morgan fingerprint density at radius 2 is 2.09 bits per heavy atom. The normalized spacial score (nSPS) is 18.4. The molecule has 1 aromatic carbocycles. The molecule has 2 N–H and O–H groups in total. The molecule has 22 heavy (non-hydrogen) atoms. The van der Waals surface area contributed by atoms with Gasteiger partial charge in [0, 0.05) is 0 Å². The summed E-state index contributed by atoms with van der Waals surface area (Å²) >= 11 is 6.15. The van der Waals surface area contributed by atoms with Gasteiger partial charge in [-0.1, -0.05) is 35.7 Å². The lowest BCUT2D eigenvalue weighted by Gasteiger charge is -2.18. The molecule has 6 heteroatoms. The van der Waals surface area contributed by atoms with Crippen LogP contribution in [0.2, 0.25) is 5.02 Å². The number of nitrogens with two attached hydrogens (primary N) is 1. The summed E-state index contributed by atoms with van der Waals surface area (Å²) < 4.78 is 11.2. The van der Waals surface area contributed by atoms with Crippen LogP contribution in [0.15, 0.2) is 22.7 Å². The first-order valence-corrected chi connectivity index (χ1v) is 7.91. The average molecular weight is 322 g/mol. The van der Waals surface area contributed by atoms with Crippen molar-refractivity contribution in [1.29, 1.82) is 0 Å². The van der Waals surface area contributed by atoms with E-state index >= 15 is 0 Å². The Hall–Kier alpha value is -1.59. The van der Waals surface area contributed by atoms with Crippen LogP contribution < -0.4 is 10.5 Å². The van der Waals surface area contributed by atoms with Crippen LogP contribution in [-0.2, 0) is 5.54 Å². The zero-order valence-electron chi connectivity index (χ0n) is 12.8. The standard InChI is InChI=1S/C16H20ClN3O2/c1-10-5-6-12(17)13(9-10)21-11(2)14-19-15(20-22-14)16(18)7-3-4-8-16/h5-6,9,11H,3-4,7-8,18H2,1-2H3. The Bertz CT molecular complexity index is 665. The molecule has 1 aliphatic carbocycles. The second-order valence-electron chi connectivity index (χ2n) is 6.01. The molecule has 0 spiro atoms. The summed E-state index contributed by atoms with van der Waals surface area (Å²) in [5.41, 5.74) is 6.96. The molecule has 1 fully saturated rings. The van der Waals surface area contributed by atoms with Gasteiger partial charge in [0.2, 0.25) is 0 Å². The smallest absolute Gasteiger partial charge is 0.267 e. The minimum Gasteiger partial charge on any atom is -0.479 e. The maximum Gasteiger partial charge on any atom is 0.267 e. The van der Waals surface area contributed by atoms with Crippen molar-refractivity contribution in [3.05, 3.63) is 40.5 Å². The largest absolute Gasteiger partial charge is 0.479 e. The zero-order chi connectivity index (χ0) is 15.7. The molecule has 1 saturated carbocycles. The van der Waals surface area contributed by atoms with Gasteiger partial charge in [0.05, 0.1) is 10.6 Å². The Kier molecular flexibility index (Phi) is 4.10. The molecule has 1 aromatic heterocycles. The van der Waals surface area contributed by atoms with E-state index in [1.807, 2.05) is 32.0 Å². The quantitative estimate of drug-likeness (QED) is 0.924. The van der Waals surface area contributed by atoms with Crippen LogP contribution in [0.3, 0.4) is 0 Å². The predicted octanol–water partition coefficient (Wildman–Crippen LogP) is 3.90. The first kappa shape index (κ1) is 15.3. The first-order chi connectivity index (χ1) is 10.5. The van der Waals surface area contributed by atoms with Crippen LogP contribution in [0.4, 0.5) is 0 Å². The van der Waals surface area contributed by atoms with Crippen LogP contribution in [0.1, 0.15) is 56.0 Å². The van der Waals surface area contributed by atoms with E-state index < -0.39 is 5.54 Å². The topological polar surface area (TPSA) is 74.2 Å². The Morgan fingerprint density at radius 1 is 1.36 bits per heavy atom. The van der Waals surface area contributed by atoms with Gasteiger partial charge in [-0.3, -0.25) is 0 Å². The van der Waals surface area contributed by atoms with E-state index in [1.165, 1.54) is 0 Å². The van der Waals surface area contributed by atoms with Gasteiger partial charge in [-0.15, -0.1) is 0 Å². The molecule has 0 amide bonds. The van der Waals surface area contributed by atoms with E-state index in [0.717, 1.165) is 31.2 Å². The third-order valence-corrected chi connectivity index (χ3v) is 4.43. The maximum absolute atomic E-state index is 6.34. The van der Waals surface area contributed by atoms with E-state index in [9.17, 15) is 0 Å². The lowest BCUT2D eigenvalue weighted by molar-refractivity contribution is 0.175. The number of aromatic nitrogens is 2.